The van der Waals surface area contributed by atoms with Crippen molar-refractivity contribution in [1.29, 1.82) is 0 Å². The van der Waals surface area contributed by atoms with Crippen LogP contribution in [0.15, 0.2) is 24.3 Å². The highest BCUT2D eigenvalue weighted by Crippen LogP contribution is 2.11. The minimum absolute atomic E-state index is 0.00892. The summed E-state index contributed by atoms with van der Waals surface area (Å²) in [4.78, 5) is 39.3. The van der Waals surface area contributed by atoms with E-state index in [0.717, 1.165) is 32.6 Å². The second kappa shape index (κ2) is 9.32. The van der Waals surface area contributed by atoms with Gasteiger partial charge in [-0.25, -0.2) is 0 Å². The summed E-state index contributed by atoms with van der Waals surface area (Å²) in [6, 6.07) is 6.92. The van der Waals surface area contributed by atoms with Crippen LogP contribution in [0.25, 0.3) is 0 Å². The number of nitrogens with one attached hydrogen (secondary N) is 1. The van der Waals surface area contributed by atoms with Gasteiger partial charge in [-0.3, -0.25) is 14.4 Å². The Morgan fingerprint density at radius 1 is 1.04 bits per heavy atom. The first kappa shape index (κ1) is 19.1. The second-order valence-electron chi connectivity index (χ2n) is 6.36. The third-order valence-corrected chi connectivity index (χ3v) is 4.47. The molecule has 0 aliphatic carbocycles. The third kappa shape index (κ3) is 5.98. The monoisotopic (exact) mass is 345 g/mol. The summed E-state index contributed by atoms with van der Waals surface area (Å²) < 4.78 is 0. The predicted octanol–water partition coefficient (Wildman–Crippen LogP) is 2.16. The van der Waals surface area contributed by atoms with Crippen LogP contribution in [0.4, 0.5) is 5.69 Å². The number of ketones is 1. The van der Waals surface area contributed by atoms with Crippen molar-refractivity contribution in [3.05, 3.63) is 29.8 Å². The number of rotatable bonds is 6. The highest BCUT2D eigenvalue weighted by atomic mass is 16.2. The van der Waals surface area contributed by atoms with E-state index in [1.54, 1.807) is 24.3 Å². The standard InChI is InChI=1S/C19H27N3O3/c1-3-19(25)22-11-4-10-21(13-14-22)12-9-18(24)20-17-7-5-16(6-8-17)15(2)23/h5-8H,3-4,9-14H2,1-2H3,(H,20,24). The van der Waals surface area contributed by atoms with Crippen LogP contribution in [0.3, 0.4) is 0 Å². The van der Waals surface area contributed by atoms with Crippen LogP contribution in [0.2, 0.25) is 0 Å². The lowest BCUT2D eigenvalue weighted by Crippen LogP contribution is -2.35. The fraction of sp³-hybridized carbons (Fsp3) is 0.526. The van der Waals surface area contributed by atoms with Crippen LogP contribution in [-0.2, 0) is 9.59 Å². The van der Waals surface area contributed by atoms with E-state index in [1.165, 1.54) is 6.92 Å². The van der Waals surface area contributed by atoms with Gasteiger partial charge >= 0.3 is 0 Å². The number of hydrogen-bond acceptors (Lipinski definition) is 4. The van der Waals surface area contributed by atoms with E-state index in [0.29, 0.717) is 30.6 Å². The molecule has 1 saturated heterocycles. The van der Waals surface area contributed by atoms with Crippen molar-refractivity contribution >= 4 is 23.3 Å². The largest absolute Gasteiger partial charge is 0.341 e. The van der Waals surface area contributed by atoms with Gasteiger partial charge in [-0.15, -0.1) is 0 Å². The van der Waals surface area contributed by atoms with E-state index >= 15 is 0 Å². The van der Waals surface area contributed by atoms with Crippen LogP contribution in [0.1, 0.15) is 43.5 Å². The summed E-state index contributed by atoms with van der Waals surface area (Å²) in [7, 11) is 0. The van der Waals surface area contributed by atoms with Gasteiger partial charge in [0.25, 0.3) is 0 Å². The molecule has 0 saturated carbocycles. The molecule has 0 radical (unpaired) electrons. The summed E-state index contributed by atoms with van der Waals surface area (Å²) in [6.45, 7) is 7.35. The van der Waals surface area contributed by atoms with E-state index in [1.807, 2.05) is 11.8 Å². The second-order valence-corrected chi connectivity index (χ2v) is 6.36. The van der Waals surface area contributed by atoms with Crippen LogP contribution in [0, 0.1) is 0 Å². The molecule has 1 aliphatic heterocycles. The number of carbonyl (C=O) groups is 3. The molecule has 1 aromatic rings. The molecule has 6 heteroatoms. The van der Waals surface area contributed by atoms with Gasteiger partial charge in [0.15, 0.2) is 5.78 Å². The van der Waals surface area contributed by atoms with Crippen molar-refractivity contribution in [2.24, 2.45) is 0 Å². The first-order chi connectivity index (χ1) is 12.0. The maximum absolute atomic E-state index is 12.1. The minimum atomic E-state index is -0.0405. The summed E-state index contributed by atoms with van der Waals surface area (Å²) >= 11 is 0. The summed E-state index contributed by atoms with van der Waals surface area (Å²) in [6.07, 6.45) is 1.90. The molecule has 1 fully saturated rings. The van der Waals surface area contributed by atoms with Crippen LogP contribution in [0.5, 0.6) is 0 Å². The van der Waals surface area contributed by atoms with E-state index in [4.69, 9.17) is 0 Å². The molecule has 1 N–H and O–H groups in total. The number of carbonyl (C=O) groups excluding carboxylic acids is 3. The molecule has 2 amide bonds. The van der Waals surface area contributed by atoms with Crippen molar-refractivity contribution in [1.82, 2.24) is 9.80 Å². The summed E-state index contributed by atoms with van der Waals surface area (Å²) in [5.74, 6) is 0.171. The molecule has 2 rings (SSSR count). The number of benzene rings is 1. The zero-order valence-corrected chi connectivity index (χ0v) is 15.1. The molecular formula is C19H27N3O3. The Balaban J connectivity index is 1.76. The van der Waals surface area contributed by atoms with E-state index < -0.39 is 0 Å². The van der Waals surface area contributed by atoms with Crippen molar-refractivity contribution in [3.63, 3.8) is 0 Å². The predicted molar refractivity (Wildman–Crippen MR) is 97.6 cm³/mol. The van der Waals surface area contributed by atoms with Gasteiger partial charge in [0.2, 0.25) is 11.8 Å². The Bertz CT molecular complexity index is 613. The Kier molecular flexibility index (Phi) is 7.13. The van der Waals surface area contributed by atoms with Gasteiger partial charge in [-0.05, 0) is 44.2 Å². The molecule has 0 atom stereocenters. The molecule has 25 heavy (non-hydrogen) atoms. The lowest BCUT2D eigenvalue weighted by molar-refractivity contribution is -0.130. The molecule has 0 aromatic heterocycles. The van der Waals surface area contributed by atoms with Gasteiger partial charge < -0.3 is 15.1 Å². The average molecular weight is 345 g/mol. The minimum Gasteiger partial charge on any atom is -0.341 e. The van der Waals surface area contributed by atoms with Crippen molar-refractivity contribution in [2.75, 3.05) is 38.0 Å². The van der Waals surface area contributed by atoms with Gasteiger partial charge in [0, 0.05) is 50.3 Å². The summed E-state index contributed by atoms with van der Waals surface area (Å²) in [5, 5.41) is 2.86. The molecule has 0 spiro atoms. The topological polar surface area (TPSA) is 69.7 Å². The van der Waals surface area contributed by atoms with Crippen molar-refractivity contribution < 1.29 is 14.4 Å². The lowest BCUT2D eigenvalue weighted by Gasteiger charge is -2.21. The van der Waals surface area contributed by atoms with Gasteiger partial charge in [0.1, 0.15) is 0 Å². The fourth-order valence-corrected chi connectivity index (χ4v) is 2.94. The Labute approximate surface area is 149 Å². The smallest absolute Gasteiger partial charge is 0.225 e. The van der Waals surface area contributed by atoms with E-state index in [2.05, 4.69) is 10.2 Å². The number of Topliss-reactive ketones (excluding diaryl/α,β-unsaturated/α-hetero) is 1. The van der Waals surface area contributed by atoms with Gasteiger partial charge in [-0.1, -0.05) is 6.92 Å². The number of nitrogens with zero attached hydrogens (tertiary/aromatic N) is 2. The molecule has 0 bridgehead atoms. The quantitative estimate of drug-likeness (QED) is 0.802. The Morgan fingerprint density at radius 3 is 2.40 bits per heavy atom. The molecule has 1 aromatic carbocycles. The van der Waals surface area contributed by atoms with Crippen LogP contribution >= 0.6 is 0 Å². The van der Waals surface area contributed by atoms with Gasteiger partial charge in [-0.2, -0.15) is 0 Å². The normalized spacial score (nSPS) is 15.5. The number of hydrogen-bond donors (Lipinski definition) is 1. The van der Waals surface area contributed by atoms with Crippen molar-refractivity contribution in [2.45, 2.75) is 33.1 Å². The Hall–Kier alpha value is -2.21. The molecule has 6 nitrogen and oxygen atoms in total. The molecule has 0 unspecified atom stereocenters. The maximum Gasteiger partial charge on any atom is 0.225 e. The summed E-state index contributed by atoms with van der Waals surface area (Å²) in [5.41, 5.74) is 1.33. The molecular weight excluding hydrogens is 318 g/mol. The van der Waals surface area contributed by atoms with E-state index in [9.17, 15) is 14.4 Å². The van der Waals surface area contributed by atoms with E-state index in [-0.39, 0.29) is 17.6 Å². The van der Waals surface area contributed by atoms with Gasteiger partial charge in [0.05, 0.1) is 0 Å². The zero-order chi connectivity index (χ0) is 18.2. The molecule has 136 valence electrons. The van der Waals surface area contributed by atoms with Crippen molar-refractivity contribution in [3.8, 4) is 0 Å². The SMILES string of the molecule is CCC(=O)N1CCCN(CCC(=O)Nc2ccc(C(C)=O)cc2)CC1. The zero-order valence-electron chi connectivity index (χ0n) is 15.1. The number of amides is 2. The third-order valence-electron chi connectivity index (χ3n) is 4.47. The number of anilines is 1. The lowest BCUT2D eigenvalue weighted by atomic mass is 10.1. The average Bonchev–Trinajstić information content (AvgIpc) is 2.85. The van der Waals surface area contributed by atoms with Crippen LogP contribution in [-0.4, -0.2) is 60.1 Å². The highest BCUT2D eigenvalue weighted by molar-refractivity contribution is 5.95. The highest BCUT2D eigenvalue weighted by Gasteiger charge is 2.18. The molecule has 1 heterocycles. The van der Waals surface area contributed by atoms with Crippen LogP contribution < -0.4 is 5.32 Å². The fourth-order valence-electron chi connectivity index (χ4n) is 2.94. The maximum atomic E-state index is 12.1. The first-order valence-corrected chi connectivity index (χ1v) is 8.90. The first-order valence-electron chi connectivity index (χ1n) is 8.90. The molecule has 1 aliphatic rings. The Morgan fingerprint density at radius 2 is 1.76 bits per heavy atom.